The molecule has 1 aliphatic heterocycles. The van der Waals surface area contributed by atoms with Gasteiger partial charge in [0.25, 0.3) is 0 Å². The number of ether oxygens (including phenoxy) is 1. The number of nitrogens with one attached hydrogen (secondary N) is 1. The Morgan fingerprint density at radius 3 is 2.85 bits per heavy atom. The summed E-state index contributed by atoms with van der Waals surface area (Å²) in [4.78, 5) is 1.54. The summed E-state index contributed by atoms with van der Waals surface area (Å²) in [6.07, 6.45) is 4.93. The molecule has 2 unspecified atom stereocenters. The van der Waals surface area contributed by atoms with Crippen molar-refractivity contribution in [1.82, 2.24) is 25.5 Å². The van der Waals surface area contributed by atoms with Gasteiger partial charge in [-0.2, -0.15) is 4.80 Å². The lowest BCUT2D eigenvalue weighted by molar-refractivity contribution is 0.0289. The topological polar surface area (TPSA) is 64.9 Å². The highest BCUT2D eigenvalue weighted by atomic mass is 16.5. The minimum absolute atomic E-state index is 0.133. The molecule has 2 fully saturated rings. The van der Waals surface area contributed by atoms with Crippen molar-refractivity contribution in [2.45, 2.75) is 51.7 Å². The fraction of sp³-hybridized carbons (Fsp3) is 0.929. The summed E-state index contributed by atoms with van der Waals surface area (Å²) >= 11 is 0. The number of nitrogens with zero attached hydrogens (tertiary/aromatic N) is 4. The Morgan fingerprint density at radius 2 is 2.25 bits per heavy atom. The third-order valence-electron chi connectivity index (χ3n) is 4.47. The van der Waals surface area contributed by atoms with Crippen LogP contribution in [0.3, 0.4) is 0 Å². The van der Waals surface area contributed by atoms with Crippen LogP contribution in [-0.4, -0.2) is 45.5 Å². The summed E-state index contributed by atoms with van der Waals surface area (Å²) in [5.74, 6) is 1.58. The van der Waals surface area contributed by atoms with Gasteiger partial charge < -0.3 is 10.1 Å². The number of aromatic nitrogens is 4. The second-order valence-electron chi connectivity index (χ2n) is 6.65. The van der Waals surface area contributed by atoms with Crippen molar-refractivity contribution in [3.8, 4) is 0 Å². The summed E-state index contributed by atoms with van der Waals surface area (Å²) in [5.41, 5.74) is 0.133. The lowest BCUT2D eigenvalue weighted by Gasteiger charge is -2.34. The van der Waals surface area contributed by atoms with E-state index in [0.29, 0.717) is 12.1 Å². The molecule has 1 saturated carbocycles. The molecule has 0 radical (unpaired) electrons. The van der Waals surface area contributed by atoms with Crippen LogP contribution in [0.2, 0.25) is 0 Å². The molecule has 0 bridgehead atoms. The molecule has 2 aliphatic rings. The zero-order chi connectivity index (χ0) is 14.2. The third-order valence-corrected chi connectivity index (χ3v) is 4.47. The summed E-state index contributed by atoms with van der Waals surface area (Å²) in [6.45, 7) is 6.22. The predicted octanol–water partition coefficient (Wildman–Crippen LogP) is 0.936. The molecule has 1 saturated heterocycles. The van der Waals surface area contributed by atoms with Crippen LogP contribution < -0.4 is 5.32 Å². The molecular formula is C14H25N5O. The first-order valence-corrected chi connectivity index (χ1v) is 7.67. The van der Waals surface area contributed by atoms with Crippen molar-refractivity contribution >= 4 is 0 Å². The highest BCUT2D eigenvalue weighted by Crippen LogP contribution is 2.48. The molecule has 1 aromatic rings. The number of hydrogen-bond acceptors (Lipinski definition) is 5. The van der Waals surface area contributed by atoms with E-state index in [9.17, 15) is 0 Å². The maximum atomic E-state index is 6.08. The summed E-state index contributed by atoms with van der Waals surface area (Å²) in [6, 6.07) is 0.488. The summed E-state index contributed by atoms with van der Waals surface area (Å²) in [7, 11) is 1.82. The van der Waals surface area contributed by atoms with E-state index in [1.54, 1.807) is 4.80 Å². The maximum absolute atomic E-state index is 6.08. The minimum atomic E-state index is 0.133. The monoisotopic (exact) mass is 279 g/mol. The highest BCUT2D eigenvalue weighted by molar-refractivity contribution is 5.04. The van der Waals surface area contributed by atoms with Crippen molar-refractivity contribution in [3.63, 3.8) is 0 Å². The van der Waals surface area contributed by atoms with Crippen LogP contribution >= 0.6 is 0 Å². The first-order chi connectivity index (χ1) is 9.59. The molecule has 0 amide bonds. The molecule has 2 atom stereocenters. The third kappa shape index (κ3) is 2.86. The van der Waals surface area contributed by atoms with E-state index in [0.717, 1.165) is 37.7 Å². The van der Waals surface area contributed by atoms with E-state index in [1.807, 2.05) is 7.05 Å². The van der Waals surface area contributed by atoms with Gasteiger partial charge in [-0.25, -0.2) is 0 Å². The van der Waals surface area contributed by atoms with Gasteiger partial charge in [0, 0.05) is 31.0 Å². The molecule has 3 rings (SSSR count). The Kier molecular flexibility index (Phi) is 3.77. The fourth-order valence-corrected chi connectivity index (χ4v) is 3.30. The normalized spacial score (nSPS) is 30.3. The molecule has 20 heavy (non-hydrogen) atoms. The first kappa shape index (κ1) is 13.9. The van der Waals surface area contributed by atoms with E-state index in [1.165, 1.54) is 12.8 Å². The van der Waals surface area contributed by atoms with Crippen LogP contribution in [0.1, 0.15) is 38.9 Å². The number of aryl methyl sites for hydroxylation is 1. The molecule has 112 valence electrons. The minimum Gasteiger partial charge on any atom is -0.377 e. The van der Waals surface area contributed by atoms with Gasteiger partial charge in [-0.15, -0.1) is 10.2 Å². The molecule has 2 heterocycles. The average Bonchev–Trinajstić information content (AvgIpc) is 3.04. The van der Waals surface area contributed by atoms with Gasteiger partial charge >= 0.3 is 0 Å². The summed E-state index contributed by atoms with van der Waals surface area (Å²) < 4.78 is 6.08. The summed E-state index contributed by atoms with van der Waals surface area (Å²) in [5, 5.41) is 16.1. The van der Waals surface area contributed by atoms with Crippen molar-refractivity contribution in [2.75, 3.05) is 13.2 Å². The Labute approximate surface area is 120 Å². The number of rotatable bonds is 6. The van der Waals surface area contributed by atoms with Crippen LogP contribution in [0.5, 0.6) is 0 Å². The molecule has 0 spiro atoms. The Balaban J connectivity index is 1.78. The second kappa shape index (κ2) is 5.41. The quantitative estimate of drug-likeness (QED) is 0.839. The van der Waals surface area contributed by atoms with E-state index in [2.05, 4.69) is 34.6 Å². The van der Waals surface area contributed by atoms with E-state index >= 15 is 0 Å². The van der Waals surface area contributed by atoms with E-state index in [-0.39, 0.29) is 5.41 Å². The van der Waals surface area contributed by atoms with Crippen molar-refractivity contribution in [3.05, 3.63) is 5.82 Å². The molecule has 1 aromatic heterocycles. The van der Waals surface area contributed by atoms with Gasteiger partial charge in [0.15, 0.2) is 5.82 Å². The zero-order valence-electron chi connectivity index (χ0n) is 12.7. The number of tetrazole rings is 1. The largest absolute Gasteiger partial charge is 0.377 e. The number of hydrogen-bond donors (Lipinski definition) is 1. The van der Waals surface area contributed by atoms with E-state index < -0.39 is 0 Å². The fourth-order valence-electron chi connectivity index (χ4n) is 3.30. The van der Waals surface area contributed by atoms with Crippen LogP contribution in [0.15, 0.2) is 0 Å². The molecule has 0 aromatic carbocycles. The Hall–Kier alpha value is -1.01. The zero-order valence-corrected chi connectivity index (χ0v) is 12.7. The maximum Gasteiger partial charge on any atom is 0.175 e. The molecule has 6 heteroatoms. The van der Waals surface area contributed by atoms with Crippen LogP contribution in [0.25, 0.3) is 0 Å². The molecule has 6 nitrogen and oxygen atoms in total. The molecule has 1 N–H and O–H groups in total. The van der Waals surface area contributed by atoms with Crippen LogP contribution in [-0.2, 0) is 18.2 Å². The lowest BCUT2D eigenvalue weighted by atomic mass is 9.75. The Morgan fingerprint density at radius 1 is 1.45 bits per heavy atom. The molecule has 1 aliphatic carbocycles. The van der Waals surface area contributed by atoms with Gasteiger partial charge in [-0.3, -0.25) is 0 Å². The smallest absolute Gasteiger partial charge is 0.175 e. The highest BCUT2D eigenvalue weighted by Gasteiger charge is 2.51. The van der Waals surface area contributed by atoms with Crippen LogP contribution in [0, 0.1) is 11.3 Å². The van der Waals surface area contributed by atoms with Gasteiger partial charge in [0.05, 0.1) is 13.2 Å². The first-order valence-electron chi connectivity index (χ1n) is 7.67. The van der Waals surface area contributed by atoms with Crippen molar-refractivity contribution < 1.29 is 4.74 Å². The van der Waals surface area contributed by atoms with Crippen molar-refractivity contribution in [1.29, 1.82) is 0 Å². The standard InChI is InChI=1S/C14H25N5O/c1-10(2)15-9-14(8-12-16-18-19(3)17-12)6-7-20-13(14)11-4-5-11/h10-11,13,15H,4-9H2,1-3H3. The van der Waals surface area contributed by atoms with E-state index in [4.69, 9.17) is 4.74 Å². The van der Waals surface area contributed by atoms with Gasteiger partial charge in [0.1, 0.15) is 0 Å². The average molecular weight is 279 g/mol. The second-order valence-corrected chi connectivity index (χ2v) is 6.65. The Bertz CT molecular complexity index is 456. The lowest BCUT2D eigenvalue weighted by Crippen LogP contribution is -2.45. The SMILES string of the molecule is CC(C)NCC1(Cc2nnn(C)n2)CCOC1C1CC1. The molecular weight excluding hydrogens is 254 g/mol. The predicted molar refractivity (Wildman–Crippen MR) is 75.2 cm³/mol. The van der Waals surface area contributed by atoms with Crippen LogP contribution in [0.4, 0.5) is 0 Å². The van der Waals surface area contributed by atoms with Gasteiger partial charge in [-0.05, 0) is 30.4 Å². The van der Waals surface area contributed by atoms with Crippen molar-refractivity contribution in [2.24, 2.45) is 18.4 Å². The van der Waals surface area contributed by atoms with Gasteiger partial charge in [-0.1, -0.05) is 13.8 Å². The van der Waals surface area contributed by atoms with Gasteiger partial charge in [0.2, 0.25) is 0 Å².